The van der Waals surface area contributed by atoms with Gasteiger partial charge < -0.3 is 4.74 Å². The summed E-state index contributed by atoms with van der Waals surface area (Å²) in [5.74, 6) is 0.575. The number of rotatable bonds is 4. The molecule has 0 aliphatic rings. The Labute approximate surface area is 116 Å². The van der Waals surface area contributed by atoms with Gasteiger partial charge in [0.05, 0.1) is 18.7 Å². The number of ketones is 1. The van der Waals surface area contributed by atoms with Gasteiger partial charge in [-0.05, 0) is 37.5 Å². The molecule has 0 saturated heterocycles. The van der Waals surface area contributed by atoms with Crippen LogP contribution in [0.1, 0.15) is 39.9 Å². The summed E-state index contributed by atoms with van der Waals surface area (Å²) in [6.07, 6.45) is 0.453. The SMILES string of the molecule is COc1c(C)c(C)c(Br)c(C)c1C(=O)CCC#N. The molecule has 0 fully saturated rings. The first-order chi connectivity index (χ1) is 8.45. The van der Waals surface area contributed by atoms with Crippen molar-refractivity contribution in [3.05, 3.63) is 26.7 Å². The van der Waals surface area contributed by atoms with Crippen molar-refractivity contribution in [2.75, 3.05) is 7.11 Å². The first kappa shape index (κ1) is 14.7. The molecule has 0 unspecified atom stereocenters. The molecule has 0 N–H and O–H groups in total. The fourth-order valence-corrected chi connectivity index (χ4v) is 2.46. The highest BCUT2D eigenvalue weighted by molar-refractivity contribution is 9.10. The van der Waals surface area contributed by atoms with Crippen molar-refractivity contribution in [2.24, 2.45) is 0 Å². The van der Waals surface area contributed by atoms with Gasteiger partial charge >= 0.3 is 0 Å². The average Bonchev–Trinajstić information content (AvgIpc) is 2.37. The maximum absolute atomic E-state index is 12.2. The molecule has 0 spiro atoms. The van der Waals surface area contributed by atoms with E-state index in [9.17, 15) is 4.79 Å². The minimum Gasteiger partial charge on any atom is -0.496 e. The van der Waals surface area contributed by atoms with Crippen molar-refractivity contribution in [1.82, 2.24) is 0 Å². The highest BCUT2D eigenvalue weighted by Crippen LogP contribution is 2.36. The third-order valence-electron chi connectivity index (χ3n) is 3.11. The Kier molecular flexibility index (Phi) is 4.92. The Morgan fingerprint density at radius 2 is 1.89 bits per heavy atom. The van der Waals surface area contributed by atoms with Gasteiger partial charge in [0.2, 0.25) is 0 Å². The third kappa shape index (κ3) is 2.56. The largest absolute Gasteiger partial charge is 0.496 e. The molecule has 0 amide bonds. The standard InChI is InChI=1S/C14H16BrNO2/c1-8-9(2)14(18-4)12(10(3)13(8)15)11(17)6-5-7-16/h5-6H2,1-4H3. The molecule has 0 aromatic heterocycles. The molecule has 3 nitrogen and oxygen atoms in total. The van der Waals surface area contributed by atoms with E-state index in [0.29, 0.717) is 11.3 Å². The van der Waals surface area contributed by atoms with Crippen molar-refractivity contribution in [3.8, 4) is 11.8 Å². The molecule has 0 atom stereocenters. The molecule has 1 aromatic carbocycles. The number of benzene rings is 1. The highest BCUT2D eigenvalue weighted by atomic mass is 79.9. The summed E-state index contributed by atoms with van der Waals surface area (Å²) in [4.78, 5) is 12.2. The number of hydrogen-bond acceptors (Lipinski definition) is 3. The Balaban J connectivity index is 3.43. The summed E-state index contributed by atoms with van der Waals surface area (Å²) in [5.41, 5.74) is 3.48. The Morgan fingerprint density at radius 3 is 2.39 bits per heavy atom. The van der Waals surface area contributed by atoms with E-state index in [0.717, 1.165) is 21.2 Å². The summed E-state index contributed by atoms with van der Waals surface area (Å²) >= 11 is 3.51. The summed E-state index contributed by atoms with van der Waals surface area (Å²) < 4.78 is 6.30. The molecule has 1 aromatic rings. The molecule has 4 heteroatoms. The van der Waals surface area contributed by atoms with Gasteiger partial charge in [-0.15, -0.1) is 0 Å². The van der Waals surface area contributed by atoms with Gasteiger partial charge in [0.1, 0.15) is 5.75 Å². The quantitative estimate of drug-likeness (QED) is 0.793. The molecule has 1 rings (SSSR count). The fourth-order valence-electron chi connectivity index (χ4n) is 1.97. The maximum Gasteiger partial charge on any atom is 0.167 e. The van der Waals surface area contributed by atoms with Crippen LogP contribution in [0.2, 0.25) is 0 Å². The van der Waals surface area contributed by atoms with E-state index in [1.54, 1.807) is 7.11 Å². The predicted octanol–water partition coefficient (Wildman–Crippen LogP) is 3.87. The normalized spacial score (nSPS) is 10.0. The number of carbonyl (C=O) groups excluding carboxylic acids is 1. The number of nitriles is 1. The lowest BCUT2D eigenvalue weighted by Gasteiger charge is -2.17. The monoisotopic (exact) mass is 309 g/mol. The van der Waals surface area contributed by atoms with Crippen LogP contribution in [0.15, 0.2) is 4.47 Å². The van der Waals surface area contributed by atoms with Gasteiger partial charge in [0.25, 0.3) is 0 Å². The molecule has 0 aliphatic carbocycles. The van der Waals surface area contributed by atoms with E-state index in [4.69, 9.17) is 10.00 Å². The van der Waals surface area contributed by atoms with Gasteiger partial charge in [-0.3, -0.25) is 4.79 Å². The summed E-state index contributed by atoms with van der Waals surface area (Å²) in [7, 11) is 1.57. The second kappa shape index (κ2) is 6.01. The number of methoxy groups -OCH3 is 1. The van der Waals surface area contributed by atoms with E-state index in [1.807, 2.05) is 26.8 Å². The van der Waals surface area contributed by atoms with Crippen molar-refractivity contribution in [2.45, 2.75) is 33.6 Å². The van der Waals surface area contributed by atoms with Crippen LogP contribution in [0.5, 0.6) is 5.75 Å². The number of halogens is 1. The summed E-state index contributed by atoms with van der Waals surface area (Å²) in [6, 6.07) is 1.99. The van der Waals surface area contributed by atoms with Crippen LogP contribution in [-0.4, -0.2) is 12.9 Å². The van der Waals surface area contributed by atoms with Crippen LogP contribution in [0, 0.1) is 32.1 Å². The Hall–Kier alpha value is -1.34. The molecule has 0 bridgehead atoms. The van der Waals surface area contributed by atoms with Crippen molar-refractivity contribution in [1.29, 1.82) is 5.26 Å². The number of nitrogens with zero attached hydrogens (tertiary/aromatic N) is 1. The van der Waals surface area contributed by atoms with Crippen LogP contribution in [-0.2, 0) is 0 Å². The molecule has 0 saturated carbocycles. The molecule has 96 valence electrons. The van der Waals surface area contributed by atoms with Gasteiger partial charge in [-0.2, -0.15) is 5.26 Å². The van der Waals surface area contributed by atoms with Crippen LogP contribution in [0.4, 0.5) is 0 Å². The van der Waals surface area contributed by atoms with Gasteiger partial charge in [0, 0.05) is 17.3 Å². The molecule has 18 heavy (non-hydrogen) atoms. The fraction of sp³-hybridized carbons (Fsp3) is 0.429. The second-order valence-electron chi connectivity index (χ2n) is 4.18. The van der Waals surface area contributed by atoms with E-state index in [-0.39, 0.29) is 18.6 Å². The van der Waals surface area contributed by atoms with E-state index in [2.05, 4.69) is 15.9 Å². The smallest absolute Gasteiger partial charge is 0.167 e. The first-order valence-electron chi connectivity index (χ1n) is 5.69. The molecule has 0 radical (unpaired) electrons. The van der Waals surface area contributed by atoms with Gasteiger partial charge in [-0.25, -0.2) is 0 Å². The van der Waals surface area contributed by atoms with Crippen LogP contribution in [0.25, 0.3) is 0 Å². The molecular formula is C14H16BrNO2. The minimum absolute atomic E-state index is 0.0466. The lowest BCUT2D eigenvalue weighted by atomic mass is 9.94. The number of Topliss-reactive ketones (excluding diaryl/α,β-unsaturated/α-hetero) is 1. The van der Waals surface area contributed by atoms with E-state index in [1.165, 1.54) is 0 Å². The van der Waals surface area contributed by atoms with Crippen molar-refractivity contribution < 1.29 is 9.53 Å². The van der Waals surface area contributed by atoms with Gasteiger partial charge in [-0.1, -0.05) is 15.9 Å². The second-order valence-corrected chi connectivity index (χ2v) is 4.97. The molecule has 0 heterocycles. The zero-order valence-electron chi connectivity index (χ0n) is 11.1. The summed E-state index contributed by atoms with van der Waals surface area (Å²) in [5, 5.41) is 8.57. The average molecular weight is 310 g/mol. The molecular weight excluding hydrogens is 294 g/mol. The number of hydrogen-bond donors (Lipinski definition) is 0. The maximum atomic E-state index is 12.2. The zero-order valence-corrected chi connectivity index (χ0v) is 12.6. The predicted molar refractivity (Wildman–Crippen MR) is 74.1 cm³/mol. The first-order valence-corrected chi connectivity index (χ1v) is 6.48. The Bertz CT molecular complexity index is 530. The topological polar surface area (TPSA) is 50.1 Å². The number of ether oxygens (including phenoxy) is 1. The van der Waals surface area contributed by atoms with Crippen LogP contribution >= 0.6 is 15.9 Å². The molecule has 0 aliphatic heterocycles. The lowest BCUT2D eigenvalue weighted by molar-refractivity contribution is 0.0980. The third-order valence-corrected chi connectivity index (χ3v) is 4.30. The van der Waals surface area contributed by atoms with Crippen molar-refractivity contribution in [3.63, 3.8) is 0 Å². The van der Waals surface area contributed by atoms with Gasteiger partial charge in [0.15, 0.2) is 5.78 Å². The minimum atomic E-state index is -0.0466. The van der Waals surface area contributed by atoms with Crippen LogP contribution in [0.3, 0.4) is 0 Å². The summed E-state index contributed by atoms with van der Waals surface area (Å²) in [6.45, 7) is 5.80. The number of carbonyl (C=O) groups is 1. The van der Waals surface area contributed by atoms with E-state index >= 15 is 0 Å². The van der Waals surface area contributed by atoms with Crippen LogP contribution < -0.4 is 4.74 Å². The Morgan fingerprint density at radius 1 is 1.28 bits per heavy atom. The highest BCUT2D eigenvalue weighted by Gasteiger charge is 2.21. The van der Waals surface area contributed by atoms with Crippen molar-refractivity contribution >= 4 is 21.7 Å². The lowest BCUT2D eigenvalue weighted by Crippen LogP contribution is -2.08. The van der Waals surface area contributed by atoms with E-state index < -0.39 is 0 Å². The zero-order chi connectivity index (χ0) is 13.9.